The molecule has 35 heavy (non-hydrogen) atoms. The van der Waals surface area contributed by atoms with Crippen LogP contribution in [-0.4, -0.2) is 55.8 Å². The van der Waals surface area contributed by atoms with Crippen molar-refractivity contribution in [2.75, 3.05) is 31.1 Å². The number of benzene rings is 1. The Morgan fingerprint density at radius 1 is 0.914 bits per heavy atom. The third-order valence-electron chi connectivity index (χ3n) is 6.08. The van der Waals surface area contributed by atoms with Crippen LogP contribution in [0.2, 0.25) is 0 Å². The third-order valence-corrected chi connectivity index (χ3v) is 6.08. The third kappa shape index (κ3) is 4.76. The van der Waals surface area contributed by atoms with Gasteiger partial charge in [0.05, 0.1) is 12.4 Å². The first kappa shape index (κ1) is 22.7. The van der Waals surface area contributed by atoms with Crippen LogP contribution in [0, 0.1) is 12.3 Å². The molecule has 0 N–H and O–H groups in total. The molecule has 0 bridgehead atoms. The minimum absolute atomic E-state index is 0.0512. The van der Waals surface area contributed by atoms with Gasteiger partial charge in [0.2, 0.25) is 0 Å². The highest BCUT2D eigenvalue weighted by Crippen LogP contribution is 2.33. The van der Waals surface area contributed by atoms with E-state index in [4.69, 9.17) is 6.42 Å². The van der Waals surface area contributed by atoms with Crippen LogP contribution < -0.4 is 4.90 Å². The van der Waals surface area contributed by atoms with Crippen molar-refractivity contribution in [3.05, 3.63) is 72.3 Å². The average Bonchev–Trinajstić information content (AvgIpc) is 3.52. The predicted octanol–water partition coefficient (Wildman–Crippen LogP) is 4.24. The number of nitrogens with zero attached hydrogens (tertiary/aromatic N) is 7. The van der Waals surface area contributed by atoms with Crippen LogP contribution in [-0.2, 0) is 6.54 Å². The van der Waals surface area contributed by atoms with Gasteiger partial charge < -0.3 is 4.90 Å². The molecule has 0 aliphatic carbocycles. The number of alkyl halides is 2. The van der Waals surface area contributed by atoms with Gasteiger partial charge in [-0.3, -0.25) is 4.90 Å². The van der Waals surface area contributed by atoms with Gasteiger partial charge in [-0.15, -0.1) is 11.5 Å². The van der Waals surface area contributed by atoms with Crippen molar-refractivity contribution >= 4 is 5.82 Å². The van der Waals surface area contributed by atoms with Gasteiger partial charge in [0.25, 0.3) is 0 Å². The van der Waals surface area contributed by atoms with Gasteiger partial charge in [-0.25, -0.2) is 9.67 Å². The minimum Gasteiger partial charge on any atom is -0.354 e. The lowest BCUT2D eigenvalue weighted by Gasteiger charge is -2.35. The van der Waals surface area contributed by atoms with Crippen LogP contribution in [0.15, 0.2) is 61.2 Å². The van der Waals surface area contributed by atoms with Gasteiger partial charge in [0.1, 0.15) is 11.5 Å². The molecular weight excluding hydrogens is 455 g/mol. The molecule has 0 saturated carbocycles. The van der Waals surface area contributed by atoms with Crippen LogP contribution in [0.4, 0.5) is 19.1 Å². The van der Waals surface area contributed by atoms with Crippen LogP contribution in [0.3, 0.4) is 0 Å². The lowest BCUT2D eigenvalue weighted by molar-refractivity contribution is 0.0566. The van der Waals surface area contributed by atoms with Gasteiger partial charge in [0, 0.05) is 67.4 Å². The second-order valence-corrected chi connectivity index (χ2v) is 8.26. The lowest BCUT2D eigenvalue weighted by Crippen LogP contribution is -2.46. The molecule has 5 rings (SSSR count). The van der Waals surface area contributed by atoms with Gasteiger partial charge in [-0.05, 0) is 29.8 Å². The topological polar surface area (TPSA) is 55.0 Å². The Balaban J connectivity index is 1.25. The fourth-order valence-electron chi connectivity index (χ4n) is 4.20. The summed E-state index contributed by atoms with van der Waals surface area (Å²) in [5.74, 6) is 3.46. The Morgan fingerprint density at radius 2 is 1.69 bits per heavy atom. The van der Waals surface area contributed by atoms with Crippen molar-refractivity contribution in [1.29, 1.82) is 0 Å². The molecule has 1 aliphatic rings. The molecule has 0 spiro atoms. The van der Waals surface area contributed by atoms with Crippen LogP contribution in [0.5, 0.6) is 0 Å². The minimum atomic E-state index is -2.81. The largest absolute Gasteiger partial charge is 0.354 e. The summed E-state index contributed by atoms with van der Waals surface area (Å²) in [6.07, 6.45) is 10.7. The van der Waals surface area contributed by atoms with E-state index in [1.165, 1.54) is 18.0 Å². The molecule has 0 unspecified atom stereocenters. The molecule has 1 aromatic carbocycles. The Labute approximate surface area is 200 Å². The van der Waals surface area contributed by atoms with E-state index in [-0.39, 0.29) is 16.2 Å². The fourth-order valence-corrected chi connectivity index (χ4v) is 4.20. The van der Waals surface area contributed by atoms with Gasteiger partial charge in [0.15, 0.2) is 0 Å². The molecule has 0 radical (unpaired) electrons. The second-order valence-electron chi connectivity index (χ2n) is 8.26. The van der Waals surface area contributed by atoms with E-state index in [2.05, 4.69) is 43.0 Å². The van der Waals surface area contributed by atoms with Crippen molar-refractivity contribution in [1.82, 2.24) is 29.7 Å². The number of rotatable bonds is 6. The zero-order chi connectivity index (χ0) is 24.4. The molecule has 178 valence electrons. The van der Waals surface area contributed by atoms with Gasteiger partial charge in [-0.1, -0.05) is 27.4 Å². The lowest BCUT2D eigenvalue weighted by atomic mass is 10.1. The highest BCUT2D eigenvalue weighted by Gasteiger charge is 2.21. The van der Waals surface area contributed by atoms with Crippen LogP contribution >= 0.6 is 0 Å². The molecule has 1 aliphatic heterocycles. The Bertz CT molecular complexity index is 1330. The maximum Gasteiger partial charge on any atom is 0.333 e. The number of pyridine rings is 1. The molecule has 1 saturated heterocycles. The molecular formula is C25H22F3N7. The molecule has 7 nitrogen and oxygen atoms in total. The molecule has 0 amide bonds. The first-order chi connectivity index (χ1) is 17.0. The van der Waals surface area contributed by atoms with Crippen molar-refractivity contribution < 1.29 is 13.3 Å². The standard InChI is InChI=1S/C25H22F3N7/c1-2-18-3-5-19(6-4-18)16-32-9-11-33(12-10-32)23-8-7-20(13-29-23)22-15-31-35(28)24(22)21-14-30-34(17-21)25(26)27/h1,3-8,13-15,17,25H,9-12,16H2. The van der Waals surface area contributed by atoms with E-state index >= 15 is 0 Å². The number of hydrogen-bond acceptors (Lipinski definition) is 5. The Hall–Kier alpha value is -4.10. The van der Waals surface area contributed by atoms with E-state index in [0.29, 0.717) is 15.8 Å². The van der Waals surface area contributed by atoms with Crippen LogP contribution in [0.25, 0.3) is 22.4 Å². The molecule has 10 heteroatoms. The van der Waals surface area contributed by atoms with Crippen molar-refractivity contribution in [2.24, 2.45) is 0 Å². The first-order valence-corrected chi connectivity index (χ1v) is 11.1. The van der Waals surface area contributed by atoms with Gasteiger partial charge >= 0.3 is 6.55 Å². The van der Waals surface area contributed by atoms with E-state index in [9.17, 15) is 13.3 Å². The molecule has 4 aromatic rings. The smallest absolute Gasteiger partial charge is 0.333 e. The summed E-state index contributed by atoms with van der Waals surface area (Å²) in [6.45, 7) is 1.51. The number of anilines is 1. The van der Waals surface area contributed by atoms with E-state index in [0.717, 1.165) is 50.3 Å². The predicted molar refractivity (Wildman–Crippen MR) is 126 cm³/mol. The molecule has 4 heterocycles. The molecule has 3 aromatic heterocycles. The summed E-state index contributed by atoms with van der Waals surface area (Å²) in [6, 6.07) is 11.8. The average molecular weight is 477 g/mol. The Morgan fingerprint density at radius 3 is 2.31 bits per heavy atom. The summed E-state index contributed by atoms with van der Waals surface area (Å²) < 4.78 is 40.6. The summed E-state index contributed by atoms with van der Waals surface area (Å²) >= 11 is 0. The number of hydrogen-bond donors (Lipinski definition) is 0. The normalized spacial score (nSPS) is 14.4. The monoisotopic (exact) mass is 477 g/mol. The van der Waals surface area contributed by atoms with Gasteiger partial charge in [-0.2, -0.15) is 13.9 Å². The first-order valence-electron chi connectivity index (χ1n) is 11.1. The summed E-state index contributed by atoms with van der Waals surface area (Å²) in [4.78, 5) is 9.32. The van der Waals surface area contributed by atoms with Crippen LogP contribution in [0.1, 0.15) is 17.7 Å². The summed E-state index contributed by atoms with van der Waals surface area (Å²) in [5, 5.41) is 7.25. The quantitative estimate of drug-likeness (QED) is 0.389. The number of aromatic nitrogens is 5. The maximum atomic E-state index is 14.3. The highest BCUT2D eigenvalue weighted by molar-refractivity contribution is 5.80. The summed E-state index contributed by atoms with van der Waals surface area (Å²) in [5.41, 5.74) is 3.43. The SMILES string of the molecule is C#Cc1ccc(CN2CCN(c3ccc(-c4cnn(F)c4-c4cnn(C(F)F)c4)cn3)CC2)cc1. The summed E-state index contributed by atoms with van der Waals surface area (Å²) in [7, 11) is 0. The number of piperazine rings is 1. The Kier molecular flexibility index (Phi) is 6.25. The van der Waals surface area contributed by atoms with Crippen molar-refractivity contribution in [2.45, 2.75) is 13.1 Å². The zero-order valence-corrected chi connectivity index (χ0v) is 18.7. The van der Waals surface area contributed by atoms with E-state index in [1.54, 1.807) is 6.20 Å². The van der Waals surface area contributed by atoms with E-state index in [1.807, 2.05) is 24.3 Å². The number of halogens is 3. The molecule has 1 fully saturated rings. The second kappa shape index (κ2) is 9.64. The maximum absolute atomic E-state index is 14.3. The zero-order valence-electron chi connectivity index (χ0n) is 18.7. The number of terminal acetylenes is 1. The van der Waals surface area contributed by atoms with Crippen molar-refractivity contribution in [3.8, 4) is 34.7 Å². The molecule has 0 atom stereocenters. The highest BCUT2D eigenvalue weighted by atomic mass is 19.3. The van der Waals surface area contributed by atoms with Crippen molar-refractivity contribution in [3.63, 3.8) is 0 Å². The van der Waals surface area contributed by atoms with E-state index < -0.39 is 6.55 Å². The fraction of sp³-hybridized carbons (Fsp3) is 0.240.